The van der Waals surface area contributed by atoms with Crippen molar-refractivity contribution in [2.24, 2.45) is 0 Å². The van der Waals surface area contributed by atoms with E-state index in [1.54, 1.807) is 0 Å². The van der Waals surface area contributed by atoms with Crippen molar-refractivity contribution in [1.29, 1.82) is 0 Å². The Kier molecular flexibility index (Phi) is 11.1. The summed E-state index contributed by atoms with van der Waals surface area (Å²) >= 11 is 0. The monoisotopic (exact) mass is 166 g/mol. The first-order chi connectivity index (χ1) is 2.00. The highest BCUT2D eigenvalue weighted by Crippen LogP contribution is 2.25. The van der Waals surface area contributed by atoms with Gasteiger partial charge in [-0.2, -0.15) is 27.0 Å². The summed E-state index contributed by atoms with van der Waals surface area (Å²) in [4.78, 5) is 21.6. The molecule has 7 heavy (non-hydrogen) atoms. The highest BCUT2D eigenvalue weighted by molar-refractivity contribution is 7.59. The Morgan fingerprint density at radius 3 is 1.00 bits per heavy atom. The lowest BCUT2D eigenvalue weighted by Gasteiger charge is -1.82. The molecular weight excluding hydrogens is 159 g/mol. The van der Waals surface area contributed by atoms with Gasteiger partial charge in [-0.15, -0.1) is 0 Å². The molecule has 0 rings (SSSR count). The van der Waals surface area contributed by atoms with Crippen LogP contribution in [-0.4, -0.2) is 14.7 Å². The molecule has 0 radical (unpaired) electrons. The summed E-state index contributed by atoms with van der Waals surface area (Å²) in [6, 6.07) is 0. The minimum atomic E-state index is -4.64. The maximum Gasteiger partial charge on any atom is 0.466 e. The van der Waals surface area contributed by atoms with Crippen LogP contribution in [0.3, 0.4) is 0 Å². The second-order valence-corrected chi connectivity index (χ2v) is 1.54. The molecule has 0 heterocycles. The first kappa shape index (κ1) is 15.7. The molecule has 3 N–H and O–H groups in total. The Morgan fingerprint density at radius 1 is 1.00 bits per heavy atom. The summed E-state index contributed by atoms with van der Waals surface area (Å²) < 4.78 is 8.88. The Labute approximate surface area is 54.7 Å². The van der Waals surface area contributed by atoms with Gasteiger partial charge in [-0.3, -0.25) is 0 Å². The van der Waals surface area contributed by atoms with E-state index >= 15 is 0 Å². The number of hydrogen-bond donors (Lipinski definition) is 3. The molecule has 48 valence electrons. The van der Waals surface area contributed by atoms with Gasteiger partial charge in [0.15, 0.2) is 0 Å². The summed E-state index contributed by atoms with van der Waals surface area (Å²) in [7, 11) is -4.64. The van der Waals surface area contributed by atoms with Gasteiger partial charge < -0.3 is 14.7 Å². The SMILES string of the molecule is O=P(O)(O)O.S.S. The van der Waals surface area contributed by atoms with Crippen LogP contribution in [0.4, 0.5) is 0 Å². The van der Waals surface area contributed by atoms with Crippen molar-refractivity contribution in [3.8, 4) is 0 Å². The summed E-state index contributed by atoms with van der Waals surface area (Å²) in [5.74, 6) is 0. The van der Waals surface area contributed by atoms with Gasteiger partial charge in [0, 0.05) is 0 Å². The molecule has 0 aliphatic carbocycles. The van der Waals surface area contributed by atoms with Gasteiger partial charge in [0.25, 0.3) is 0 Å². The molecule has 7 heteroatoms. The molecule has 0 atom stereocenters. The molecule has 0 aromatic heterocycles. The minimum Gasteiger partial charge on any atom is -0.303 e. The van der Waals surface area contributed by atoms with Crippen molar-refractivity contribution >= 4 is 34.8 Å². The molecule has 0 saturated heterocycles. The summed E-state index contributed by atoms with van der Waals surface area (Å²) in [5, 5.41) is 0. The van der Waals surface area contributed by atoms with Crippen LogP contribution in [0, 0.1) is 0 Å². The molecule has 0 saturated carbocycles. The lowest BCUT2D eigenvalue weighted by molar-refractivity contribution is 0.275. The number of hydrogen-bond acceptors (Lipinski definition) is 1. The smallest absolute Gasteiger partial charge is 0.303 e. The van der Waals surface area contributed by atoms with Gasteiger partial charge in [-0.05, 0) is 0 Å². The van der Waals surface area contributed by atoms with Crippen LogP contribution in [0.25, 0.3) is 0 Å². The van der Waals surface area contributed by atoms with Crippen LogP contribution in [0.5, 0.6) is 0 Å². The molecular formula is H7O4PS2. The van der Waals surface area contributed by atoms with Crippen LogP contribution < -0.4 is 0 Å². The molecule has 0 aromatic carbocycles. The van der Waals surface area contributed by atoms with Crippen molar-refractivity contribution in [2.75, 3.05) is 0 Å². The van der Waals surface area contributed by atoms with Gasteiger partial charge >= 0.3 is 7.82 Å². The maximum absolute atomic E-state index is 8.88. The predicted molar refractivity (Wildman–Crippen MR) is 35.0 cm³/mol. The summed E-state index contributed by atoms with van der Waals surface area (Å²) in [6.07, 6.45) is 0. The van der Waals surface area contributed by atoms with Gasteiger partial charge in [0.05, 0.1) is 0 Å². The van der Waals surface area contributed by atoms with E-state index in [0.29, 0.717) is 0 Å². The fraction of sp³-hybridized carbons (Fsp3) is 0. The second kappa shape index (κ2) is 4.96. The van der Waals surface area contributed by atoms with Crippen LogP contribution in [0.2, 0.25) is 0 Å². The fourth-order valence-corrected chi connectivity index (χ4v) is 0. The van der Waals surface area contributed by atoms with Gasteiger partial charge in [-0.25, -0.2) is 4.57 Å². The Hall–Kier alpha value is 0.810. The molecule has 0 amide bonds. The van der Waals surface area contributed by atoms with Crippen molar-refractivity contribution in [2.45, 2.75) is 0 Å². The van der Waals surface area contributed by atoms with E-state index in [1.807, 2.05) is 0 Å². The highest BCUT2D eigenvalue weighted by Gasteiger charge is 2.00. The molecule has 0 aromatic rings. The normalized spacial score (nSPS) is 8.43. The van der Waals surface area contributed by atoms with E-state index < -0.39 is 7.82 Å². The number of rotatable bonds is 0. The first-order valence-electron chi connectivity index (χ1n) is 0.783. The summed E-state index contributed by atoms with van der Waals surface area (Å²) in [5.41, 5.74) is 0. The van der Waals surface area contributed by atoms with Crippen molar-refractivity contribution in [3.05, 3.63) is 0 Å². The van der Waals surface area contributed by atoms with Gasteiger partial charge in [0.2, 0.25) is 0 Å². The van der Waals surface area contributed by atoms with Crippen LogP contribution in [0.15, 0.2) is 0 Å². The number of phosphoric acid groups is 1. The standard InChI is InChI=1S/H3O4P.2H2S/c1-5(2,3)4;;/h(H3,1,2,3,4);2*1H2. The fourth-order valence-electron chi connectivity index (χ4n) is 0. The van der Waals surface area contributed by atoms with Crippen molar-refractivity contribution in [1.82, 2.24) is 0 Å². The largest absolute Gasteiger partial charge is 0.466 e. The minimum absolute atomic E-state index is 0. The van der Waals surface area contributed by atoms with Crippen LogP contribution >= 0.6 is 34.8 Å². The van der Waals surface area contributed by atoms with E-state index in [1.165, 1.54) is 0 Å². The summed E-state index contributed by atoms with van der Waals surface area (Å²) in [6.45, 7) is 0. The molecule has 0 spiro atoms. The van der Waals surface area contributed by atoms with Crippen LogP contribution in [0.1, 0.15) is 0 Å². The Morgan fingerprint density at radius 2 is 1.00 bits per heavy atom. The second-order valence-electron chi connectivity index (χ2n) is 0.513. The predicted octanol–water partition coefficient (Wildman–Crippen LogP) is -0.703. The molecule has 0 aliphatic rings. The van der Waals surface area contributed by atoms with E-state index in [4.69, 9.17) is 19.2 Å². The Bertz CT molecular complexity index is 55.8. The van der Waals surface area contributed by atoms with Gasteiger partial charge in [0.1, 0.15) is 0 Å². The molecule has 0 unspecified atom stereocenters. The van der Waals surface area contributed by atoms with E-state index in [-0.39, 0.29) is 27.0 Å². The molecule has 0 bridgehead atoms. The lowest BCUT2D eigenvalue weighted by atomic mass is 15.8. The third-order valence-corrected chi connectivity index (χ3v) is 0. The average Bonchev–Trinajstić information content (AvgIpc) is 0.722. The van der Waals surface area contributed by atoms with E-state index in [0.717, 1.165) is 0 Å². The molecule has 0 aliphatic heterocycles. The first-order valence-corrected chi connectivity index (χ1v) is 2.35. The Balaban J connectivity index is -0.0000000800. The quantitative estimate of drug-likeness (QED) is 0.416. The maximum atomic E-state index is 8.88. The van der Waals surface area contributed by atoms with Gasteiger partial charge in [-0.1, -0.05) is 0 Å². The van der Waals surface area contributed by atoms with Crippen molar-refractivity contribution < 1.29 is 19.2 Å². The zero-order valence-electron chi connectivity index (χ0n) is 3.20. The van der Waals surface area contributed by atoms with E-state index in [9.17, 15) is 0 Å². The third kappa shape index (κ3) is 240. The molecule has 4 nitrogen and oxygen atoms in total. The van der Waals surface area contributed by atoms with E-state index in [2.05, 4.69) is 0 Å². The molecule has 0 fully saturated rings. The zero-order valence-corrected chi connectivity index (χ0v) is 6.09. The van der Waals surface area contributed by atoms with Crippen molar-refractivity contribution in [3.63, 3.8) is 0 Å². The zero-order chi connectivity index (χ0) is 4.50. The third-order valence-electron chi connectivity index (χ3n) is 0. The lowest BCUT2D eigenvalue weighted by Crippen LogP contribution is -1.66. The average molecular weight is 166 g/mol. The topological polar surface area (TPSA) is 77.8 Å². The highest BCUT2D eigenvalue weighted by atomic mass is 32.1. The van der Waals surface area contributed by atoms with Crippen LogP contribution in [-0.2, 0) is 4.57 Å².